The minimum Gasteiger partial charge on any atom is -0.462 e. The van der Waals surface area contributed by atoms with Gasteiger partial charge in [0.25, 0.3) is 0 Å². The molecule has 0 spiro atoms. The molecule has 2 aromatic carbocycles. The Morgan fingerprint density at radius 2 is 1.73 bits per heavy atom. The number of esters is 1. The van der Waals surface area contributed by atoms with Crippen LogP contribution in [-0.4, -0.2) is 39.7 Å². The molecule has 0 saturated carbocycles. The Balaban J connectivity index is 1.96. The summed E-state index contributed by atoms with van der Waals surface area (Å²) in [6.45, 7) is 6.05. The van der Waals surface area contributed by atoms with Gasteiger partial charge in [0.05, 0.1) is 24.1 Å². The number of carbonyl (C=O) groups excluding carboxylic acids is 2. The lowest BCUT2D eigenvalue weighted by atomic mass is 10.1. The van der Waals surface area contributed by atoms with Gasteiger partial charge in [-0.1, -0.05) is 12.1 Å². The van der Waals surface area contributed by atoms with E-state index in [0.29, 0.717) is 30.0 Å². The molecule has 1 N–H and O–H groups in total. The summed E-state index contributed by atoms with van der Waals surface area (Å²) in [5, 5.41) is 2.75. The second-order valence-electron chi connectivity index (χ2n) is 7.00. The topological polar surface area (TPSA) is 92.8 Å². The van der Waals surface area contributed by atoms with E-state index in [9.17, 15) is 18.0 Å². The molecule has 0 aliphatic heterocycles. The molecule has 0 unspecified atom stereocenters. The number of ether oxygens (including phenoxy) is 1. The second kappa shape index (κ2) is 10.2. The van der Waals surface area contributed by atoms with Crippen LogP contribution in [0, 0.1) is 13.8 Å². The van der Waals surface area contributed by atoms with Crippen LogP contribution in [0.5, 0.6) is 0 Å². The quantitative estimate of drug-likeness (QED) is 0.611. The van der Waals surface area contributed by atoms with Crippen LogP contribution in [0.3, 0.4) is 0 Å². The number of nitrogens with one attached hydrogen (secondary N) is 1. The summed E-state index contributed by atoms with van der Waals surface area (Å²) in [7, 11) is -3.47. The third kappa shape index (κ3) is 6.32. The van der Waals surface area contributed by atoms with Gasteiger partial charge in [-0.2, -0.15) is 0 Å². The van der Waals surface area contributed by atoms with Crippen molar-refractivity contribution >= 4 is 33.3 Å². The van der Waals surface area contributed by atoms with Gasteiger partial charge in [0.2, 0.25) is 15.9 Å². The fourth-order valence-corrected chi connectivity index (χ4v) is 4.00. The van der Waals surface area contributed by atoms with E-state index in [2.05, 4.69) is 5.32 Å². The number of hydrogen-bond acceptors (Lipinski definition) is 5. The van der Waals surface area contributed by atoms with Crippen molar-refractivity contribution in [1.82, 2.24) is 0 Å². The van der Waals surface area contributed by atoms with E-state index in [4.69, 9.17) is 4.74 Å². The number of nitrogens with zero attached hydrogens (tertiary/aromatic N) is 1. The van der Waals surface area contributed by atoms with E-state index in [1.807, 2.05) is 26.0 Å². The van der Waals surface area contributed by atoms with Crippen molar-refractivity contribution in [2.75, 3.05) is 29.0 Å². The Hall–Kier alpha value is -2.87. The first-order chi connectivity index (χ1) is 14.1. The molecular weight excluding hydrogens is 404 g/mol. The highest BCUT2D eigenvalue weighted by Gasteiger charge is 2.20. The van der Waals surface area contributed by atoms with Crippen LogP contribution in [-0.2, 0) is 19.6 Å². The second-order valence-corrected chi connectivity index (χ2v) is 8.91. The molecular formula is C22H28N2O5S. The zero-order chi connectivity index (χ0) is 22.3. The summed E-state index contributed by atoms with van der Waals surface area (Å²) in [5.41, 5.74) is 3.50. The molecule has 0 heterocycles. The number of benzene rings is 2. The zero-order valence-electron chi connectivity index (χ0n) is 17.8. The third-order valence-corrected chi connectivity index (χ3v) is 5.87. The van der Waals surface area contributed by atoms with E-state index < -0.39 is 16.0 Å². The predicted octanol–water partition coefficient (Wildman–Crippen LogP) is 3.67. The van der Waals surface area contributed by atoms with Crippen molar-refractivity contribution in [1.29, 1.82) is 0 Å². The van der Waals surface area contributed by atoms with Gasteiger partial charge in [-0.15, -0.1) is 0 Å². The van der Waals surface area contributed by atoms with Gasteiger partial charge < -0.3 is 10.1 Å². The van der Waals surface area contributed by atoms with Crippen LogP contribution in [0.25, 0.3) is 0 Å². The van der Waals surface area contributed by atoms with Crippen LogP contribution in [0.2, 0.25) is 0 Å². The summed E-state index contributed by atoms with van der Waals surface area (Å²) in [6.07, 6.45) is 1.70. The molecule has 0 aliphatic rings. The third-order valence-electron chi connectivity index (χ3n) is 4.69. The van der Waals surface area contributed by atoms with Crippen molar-refractivity contribution in [2.24, 2.45) is 0 Å². The number of aryl methyl sites for hydroxylation is 1. The molecule has 30 heavy (non-hydrogen) atoms. The Morgan fingerprint density at radius 3 is 2.33 bits per heavy atom. The number of amides is 1. The largest absolute Gasteiger partial charge is 0.462 e. The van der Waals surface area contributed by atoms with E-state index in [0.717, 1.165) is 11.1 Å². The fraction of sp³-hybridized carbons (Fsp3) is 0.364. The van der Waals surface area contributed by atoms with Gasteiger partial charge in [0, 0.05) is 18.7 Å². The fourth-order valence-electron chi connectivity index (χ4n) is 2.98. The van der Waals surface area contributed by atoms with Gasteiger partial charge in [-0.3, -0.25) is 9.10 Å². The summed E-state index contributed by atoms with van der Waals surface area (Å²) < 4.78 is 30.8. The van der Waals surface area contributed by atoms with E-state index in [1.165, 1.54) is 10.6 Å². The standard InChI is InChI=1S/C22H28N2O5S/c1-5-29-22(26)18-11-13-19(14-12-18)23-21(25)10-7-15-24(30(4,27)28)20-9-6-8-16(2)17(20)3/h6,8-9,11-14H,5,7,10,15H2,1-4H3,(H,23,25). The lowest BCUT2D eigenvalue weighted by molar-refractivity contribution is -0.116. The van der Waals surface area contributed by atoms with E-state index >= 15 is 0 Å². The van der Waals surface area contributed by atoms with Crippen LogP contribution in [0.15, 0.2) is 42.5 Å². The lowest BCUT2D eigenvalue weighted by Gasteiger charge is -2.24. The monoisotopic (exact) mass is 432 g/mol. The van der Waals surface area contributed by atoms with E-state index in [1.54, 1.807) is 37.3 Å². The van der Waals surface area contributed by atoms with Crippen LogP contribution in [0.1, 0.15) is 41.3 Å². The van der Waals surface area contributed by atoms with Gasteiger partial charge in [-0.25, -0.2) is 13.2 Å². The Bertz CT molecular complexity index is 1000. The Kier molecular flexibility index (Phi) is 8.00. The highest BCUT2D eigenvalue weighted by molar-refractivity contribution is 7.92. The van der Waals surface area contributed by atoms with Crippen molar-refractivity contribution < 1.29 is 22.7 Å². The number of hydrogen-bond donors (Lipinski definition) is 1. The van der Waals surface area contributed by atoms with Gasteiger partial charge >= 0.3 is 5.97 Å². The van der Waals surface area contributed by atoms with Gasteiger partial charge in [-0.05, 0) is 68.7 Å². The highest BCUT2D eigenvalue weighted by Crippen LogP contribution is 2.25. The van der Waals surface area contributed by atoms with Crippen LogP contribution < -0.4 is 9.62 Å². The first-order valence-corrected chi connectivity index (χ1v) is 11.6. The highest BCUT2D eigenvalue weighted by atomic mass is 32.2. The first-order valence-electron chi connectivity index (χ1n) is 9.74. The minimum atomic E-state index is -3.47. The van der Waals surface area contributed by atoms with Gasteiger partial charge in [0.1, 0.15) is 0 Å². The number of rotatable bonds is 9. The molecule has 0 aromatic heterocycles. The summed E-state index contributed by atoms with van der Waals surface area (Å²) in [6, 6.07) is 11.9. The molecule has 2 rings (SSSR count). The Morgan fingerprint density at radius 1 is 1.07 bits per heavy atom. The van der Waals surface area contributed by atoms with Crippen molar-refractivity contribution in [3.63, 3.8) is 0 Å². The maximum absolute atomic E-state index is 12.3. The number of carbonyl (C=O) groups is 2. The molecule has 7 nitrogen and oxygen atoms in total. The number of anilines is 2. The minimum absolute atomic E-state index is 0.163. The molecule has 0 fully saturated rings. The maximum atomic E-state index is 12.3. The molecule has 0 saturated heterocycles. The predicted molar refractivity (Wildman–Crippen MR) is 118 cm³/mol. The van der Waals surface area contributed by atoms with Crippen molar-refractivity contribution in [3.05, 3.63) is 59.2 Å². The summed E-state index contributed by atoms with van der Waals surface area (Å²) in [4.78, 5) is 23.9. The molecule has 0 aliphatic carbocycles. The molecule has 0 atom stereocenters. The summed E-state index contributed by atoms with van der Waals surface area (Å²) >= 11 is 0. The molecule has 2 aromatic rings. The van der Waals surface area contributed by atoms with Gasteiger partial charge in [0.15, 0.2) is 0 Å². The SMILES string of the molecule is CCOC(=O)c1ccc(NC(=O)CCCN(c2cccc(C)c2C)S(C)(=O)=O)cc1. The van der Waals surface area contributed by atoms with Crippen LogP contribution >= 0.6 is 0 Å². The maximum Gasteiger partial charge on any atom is 0.338 e. The smallest absolute Gasteiger partial charge is 0.338 e. The average molecular weight is 433 g/mol. The van der Waals surface area contributed by atoms with Crippen molar-refractivity contribution in [3.8, 4) is 0 Å². The Labute approximate surface area is 178 Å². The molecule has 0 bridgehead atoms. The van der Waals surface area contributed by atoms with Crippen LogP contribution in [0.4, 0.5) is 11.4 Å². The molecule has 162 valence electrons. The lowest BCUT2D eigenvalue weighted by Crippen LogP contribution is -2.32. The molecule has 8 heteroatoms. The molecule has 0 radical (unpaired) electrons. The number of sulfonamides is 1. The molecule has 1 amide bonds. The van der Waals surface area contributed by atoms with E-state index in [-0.39, 0.29) is 18.9 Å². The summed E-state index contributed by atoms with van der Waals surface area (Å²) in [5.74, 6) is -0.643. The zero-order valence-corrected chi connectivity index (χ0v) is 18.6. The average Bonchev–Trinajstić information content (AvgIpc) is 2.68. The first kappa shape index (κ1) is 23.4. The normalized spacial score (nSPS) is 11.1. The van der Waals surface area contributed by atoms with Crippen molar-refractivity contribution in [2.45, 2.75) is 33.6 Å².